The Bertz CT molecular complexity index is 470. The van der Waals surface area contributed by atoms with Crippen molar-refractivity contribution < 1.29 is 9.06 Å². The van der Waals surface area contributed by atoms with E-state index in [9.17, 15) is 0 Å². The van der Waals surface area contributed by atoms with Crippen LogP contribution in [0.15, 0.2) is 24.3 Å². The molecule has 1 aromatic carbocycles. The smallest absolute Gasteiger partial charge is 0.191 e. The van der Waals surface area contributed by atoms with Crippen LogP contribution in [0.25, 0.3) is 0 Å². The van der Waals surface area contributed by atoms with E-state index in [0.29, 0.717) is 0 Å². The van der Waals surface area contributed by atoms with Gasteiger partial charge in [-0.15, -0.1) is 0 Å². The summed E-state index contributed by atoms with van der Waals surface area (Å²) < 4.78 is 3.81. The number of likely N-dealkylation sites (N-methyl/N-ethyl adjacent to an activating group) is 1. The number of hydrogen-bond donors (Lipinski definition) is 0. The first-order valence-electron chi connectivity index (χ1n) is 7.76. The Morgan fingerprint density at radius 1 is 1.11 bits per heavy atom. The van der Waals surface area contributed by atoms with E-state index in [2.05, 4.69) is 42.1 Å². The summed E-state index contributed by atoms with van der Waals surface area (Å²) in [5, 5.41) is 0. The van der Waals surface area contributed by atoms with Gasteiger partial charge in [0.1, 0.15) is 13.1 Å². The zero-order valence-electron chi connectivity index (χ0n) is 12.1. The average Bonchev–Trinajstić information content (AvgIpc) is 2.46. The van der Waals surface area contributed by atoms with E-state index in [1.165, 1.54) is 74.0 Å². The Morgan fingerprint density at radius 3 is 2.74 bits per heavy atom. The standard InChI is InChI=1S/C17H26N2/c1-19(12-5-2-6-13-19)14-11-18-10-9-16-7-3-4-8-17(16)15-18/h3-4,7-8,15H,2,5-6,9-14H2,1H3/q+2. The summed E-state index contributed by atoms with van der Waals surface area (Å²) in [5.41, 5.74) is 2.94. The average molecular weight is 258 g/mol. The maximum Gasteiger partial charge on any atom is 0.191 e. The van der Waals surface area contributed by atoms with Crippen LogP contribution in [0, 0.1) is 0 Å². The van der Waals surface area contributed by atoms with E-state index in [1.54, 1.807) is 0 Å². The molecule has 0 radical (unpaired) electrons. The third kappa shape index (κ3) is 3.06. The van der Waals surface area contributed by atoms with Crippen LogP contribution in [0.5, 0.6) is 0 Å². The number of piperidine rings is 1. The number of likely N-dealkylation sites (tertiary alicyclic amines) is 1. The largest absolute Gasteiger partial charge is 0.321 e. The molecule has 102 valence electrons. The Kier molecular flexibility index (Phi) is 3.69. The van der Waals surface area contributed by atoms with Crippen LogP contribution in [0.3, 0.4) is 0 Å². The molecule has 19 heavy (non-hydrogen) atoms. The fourth-order valence-electron chi connectivity index (χ4n) is 3.46. The predicted octanol–water partition coefficient (Wildman–Crippen LogP) is 2.30. The van der Waals surface area contributed by atoms with Gasteiger partial charge in [0.05, 0.1) is 20.1 Å². The lowest BCUT2D eigenvalue weighted by atomic mass is 10.0. The molecule has 0 bridgehead atoms. The van der Waals surface area contributed by atoms with E-state index in [1.807, 2.05) is 0 Å². The first kappa shape index (κ1) is 12.9. The Morgan fingerprint density at radius 2 is 1.89 bits per heavy atom. The molecule has 2 aliphatic rings. The molecule has 1 fully saturated rings. The number of quaternary nitrogens is 1. The first-order valence-corrected chi connectivity index (χ1v) is 7.76. The van der Waals surface area contributed by atoms with Gasteiger partial charge in [-0.1, -0.05) is 18.2 Å². The van der Waals surface area contributed by atoms with Crippen molar-refractivity contribution in [2.45, 2.75) is 25.7 Å². The zero-order valence-corrected chi connectivity index (χ0v) is 12.1. The lowest BCUT2D eigenvalue weighted by molar-refractivity contribution is -0.920. The van der Waals surface area contributed by atoms with Gasteiger partial charge in [-0.25, -0.2) is 4.58 Å². The summed E-state index contributed by atoms with van der Waals surface area (Å²) in [5.74, 6) is 0. The maximum atomic E-state index is 2.53. The SMILES string of the molecule is C[N+]1(CC[N+]2=Cc3ccccc3CC2)CCCCC1. The highest BCUT2D eigenvalue weighted by molar-refractivity contribution is 5.78. The van der Waals surface area contributed by atoms with E-state index in [4.69, 9.17) is 0 Å². The molecular weight excluding hydrogens is 232 g/mol. The minimum atomic E-state index is 1.19. The molecule has 2 heteroatoms. The minimum Gasteiger partial charge on any atom is -0.321 e. The van der Waals surface area contributed by atoms with Gasteiger partial charge in [0.15, 0.2) is 12.8 Å². The van der Waals surface area contributed by atoms with Gasteiger partial charge >= 0.3 is 0 Å². The van der Waals surface area contributed by atoms with E-state index >= 15 is 0 Å². The molecule has 1 aromatic rings. The van der Waals surface area contributed by atoms with Crippen molar-refractivity contribution in [3.8, 4) is 0 Å². The highest BCUT2D eigenvalue weighted by Gasteiger charge is 2.27. The van der Waals surface area contributed by atoms with Crippen LogP contribution in [0.1, 0.15) is 30.4 Å². The summed E-state index contributed by atoms with van der Waals surface area (Å²) in [6, 6.07) is 8.82. The zero-order chi connectivity index (χ0) is 13.1. The quantitative estimate of drug-likeness (QED) is 0.578. The van der Waals surface area contributed by atoms with Crippen LogP contribution in [0.2, 0.25) is 0 Å². The Balaban J connectivity index is 1.63. The third-order valence-electron chi connectivity index (χ3n) is 4.87. The lowest BCUT2D eigenvalue weighted by Gasteiger charge is -2.37. The first-order chi connectivity index (χ1) is 9.25. The number of rotatable bonds is 3. The fraction of sp³-hybridized carbons (Fsp3) is 0.588. The van der Waals surface area contributed by atoms with Crippen LogP contribution < -0.4 is 0 Å². The van der Waals surface area contributed by atoms with Crippen molar-refractivity contribution in [3.63, 3.8) is 0 Å². The second-order valence-corrected chi connectivity index (χ2v) is 6.46. The summed E-state index contributed by atoms with van der Waals surface area (Å²) >= 11 is 0. The molecule has 0 amide bonds. The summed E-state index contributed by atoms with van der Waals surface area (Å²) in [6.45, 7) is 6.47. The van der Waals surface area contributed by atoms with Gasteiger partial charge in [0, 0.05) is 12.0 Å². The topological polar surface area (TPSA) is 3.01 Å². The van der Waals surface area contributed by atoms with Crippen molar-refractivity contribution in [1.29, 1.82) is 0 Å². The van der Waals surface area contributed by atoms with E-state index in [0.717, 1.165) is 0 Å². The molecule has 0 atom stereocenters. The minimum absolute atomic E-state index is 1.19. The number of benzene rings is 1. The lowest BCUT2D eigenvalue weighted by Crippen LogP contribution is -2.51. The predicted molar refractivity (Wildman–Crippen MR) is 79.9 cm³/mol. The van der Waals surface area contributed by atoms with Crippen LogP contribution in [-0.2, 0) is 6.42 Å². The summed E-state index contributed by atoms with van der Waals surface area (Å²) in [7, 11) is 2.44. The molecule has 3 rings (SSSR count). The van der Waals surface area contributed by atoms with Gasteiger partial charge < -0.3 is 4.48 Å². The van der Waals surface area contributed by atoms with Crippen LogP contribution in [0.4, 0.5) is 0 Å². The Labute approximate surface area is 117 Å². The molecule has 0 spiro atoms. The van der Waals surface area contributed by atoms with Crippen molar-refractivity contribution in [1.82, 2.24) is 0 Å². The van der Waals surface area contributed by atoms with Crippen molar-refractivity contribution in [3.05, 3.63) is 35.4 Å². The van der Waals surface area contributed by atoms with Gasteiger partial charge in [-0.2, -0.15) is 0 Å². The number of fused-ring (bicyclic) bond motifs is 1. The van der Waals surface area contributed by atoms with Crippen molar-refractivity contribution in [2.24, 2.45) is 0 Å². The van der Waals surface area contributed by atoms with E-state index < -0.39 is 0 Å². The highest BCUT2D eigenvalue weighted by atomic mass is 15.3. The second kappa shape index (κ2) is 5.46. The molecule has 2 nitrogen and oxygen atoms in total. The second-order valence-electron chi connectivity index (χ2n) is 6.46. The molecule has 0 unspecified atom stereocenters. The number of hydrogen-bond acceptors (Lipinski definition) is 0. The van der Waals surface area contributed by atoms with E-state index in [-0.39, 0.29) is 0 Å². The molecular formula is C17H26N2+2. The monoisotopic (exact) mass is 258 g/mol. The molecule has 0 aromatic heterocycles. The fourth-order valence-corrected chi connectivity index (χ4v) is 3.46. The molecule has 1 saturated heterocycles. The number of nitrogens with zero attached hydrogens (tertiary/aromatic N) is 2. The van der Waals surface area contributed by atoms with Crippen molar-refractivity contribution >= 4 is 6.21 Å². The third-order valence-corrected chi connectivity index (χ3v) is 4.87. The summed E-state index contributed by atoms with van der Waals surface area (Å²) in [6.07, 6.45) is 7.86. The van der Waals surface area contributed by atoms with Crippen LogP contribution >= 0.6 is 0 Å². The molecule has 2 aliphatic heterocycles. The molecule has 0 N–H and O–H groups in total. The van der Waals surface area contributed by atoms with Crippen LogP contribution in [-0.4, -0.2) is 55.0 Å². The maximum absolute atomic E-state index is 2.53. The van der Waals surface area contributed by atoms with Gasteiger partial charge in [0.25, 0.3) is 0 Å². The molecule has 0 saturated carbocycles. The van der Waals surface area contributed by atoms with Crippen molar-refractivity contribution in [2.75, 3.05) is 39.8 Å². The molecule has 0 aliphatic carbocycles. The Hall–Kier alpha value is -1.15. The van der Waals surface area contributed by atoms with Gasteiger partial charge in [0.2, 0.25) is 0 Å². The van der Waals surface area contributed by atoms with Gasteiger partial charge in [-0.3, -0.25) is 0 Å². The summed E-state index contributed by atoms with van der Waals surface area (Å²) in [4.78, 5) is 0. The molecule has 2 heterocycles. The van der Waals surface area contributed by atoms with Gasteiger partial charge in [-0.05, 0) is 30.9 Å². The normalized spacial score (nSPS) is 21.6. The highest BCUT2D eigenvalue weighted by Crippen LogP contribution is 2.16.